The van der Waals surface area contributed by atoms with Crippen LogP contribution in [-0.4, -0.2) is 43.7 Å². The van der Waals surface area contributed by atoms with E-state index in [4.69, 9.17) is 14.2 Å². The predicted octanol–water partition coefficient (Wildman–Crippen LogP) is 1.44. The molecule has 1 aromatic heterocycles. The van der Waals surface area contributed by atoms with Crippen molar-refractivity contribution >= 4 is 11.9 Å². The zero-order chi connectivity index (χ0) is 17.2. The molecule has 0 unspecified atom stereocenters. The first-order valence-electron chi connectivity index (χ1n) is 7.31. The number of methoxy groups -OCH3 is 1. The van der Waals surface area contributed by atoms with Crippen LogP contribution >= 0.6 is 0 Å². The molecule has 0 atom stereocenters. The van der Waals surface area contributed by atoms with E-state index in [1.54, 1.807) is 0 Å². The summed E-state index contributed by atoms with van der Waals surface area (Å²) < 4.78 is 15.2. The number of esters is 1. The Hall–Kier alpha value is -3.09. The summed E-state index contributed by atoms with van der Waals surface area (Å²) in [5.74, 6) is 0.0928. The number of rotatable bonds is 8. The molecule has 7 nitrogen and oxygen atoms in total. The normalized spacial score (nSPS) is 9.88. The smallest absolute Gasteiger partial charge is 0.340 e. The lowest BCUT2D eigenvalue weighted by atomic mass is 10.3. The first-order chi connectivity index (χ1) is 11.7. The van der Waals surface area contributed by atoms with Gasteiger partial charge in [-0.1, -0.05) is 18.2 Å². The van der Waals surface area contributed by atoms with Crippen molar-refractivity contribution in [1.82, 2.24) is 10.3 Å². The Bertz CT molecular complexity index is 658. The molecule has 0 radical (unpaired) electrons. The van der Waals surface area contributed by atoms with E-state index in [9.17, 15) is 9.59 Å². The van der Waals surface area contributed by atoms with Gasteiger partial charge in [-0.05, 0) is 18.2 Å². The summed E-state index contributed by atoms with van der Waals surface area (Å²) in [6.07, 6.45) is 1.33. The molecular formula is C17H18N2O5. The topological polar surface area (TPSA) is 86.8 Å². The molecule has 1 amide bonds. The second-order valence-electron chi connectivity index (χ2n) is 4.68. The van der Waals surface area contributed by atoms with Crippen molar-refractivity contribution in [3.8, 4) is 11.6 Å². The zero-order valence-corrected chi connectivity index (χ0v) is 13.2. The molecule has 0 saturated heterocycles. The Morgan fingerprint density at radius 3 is 2.58 bits per heavy atom. The summed E-state index contributed by atoms with van der Waals surface area (Å²) in [5, 5.41) is 2.60. The minimum absolute atomic E-state index is 0.246. The number of pyridine rings is 1. The fourth-order valence-electron chi connectivity index (χ4n) is 1.76. The maximum absolute atomic E-state index is 11.8. The number of hydrogen-bond acceptors (Lipinski definition) is 6. The summed E-state index contributed by atoms with van der Waals surface area (Å²) in [7, 11) is 1.48. The van der Waals surface area contributed by atoms with E-state index in [-0.39, 0.29) is 12.2 Å². The standard InChI is InChI=1S/C17H18N2O5/c1-22-16-8-7-13(11-19-16)17(21)24-12-15(20)18-9-10-23-14-5-3-2-4-6-14/h2-8,11H,9-10,12H2,1H3,(H,18,20). The second-order valence-corrected chi connectivity index (χ2v) is 4.68. The predicted molar refractivity (Wildman–Crippen MR) is 86.0 cm³/mol. The molecule has 1 N–H and O–H groups in total. The van der Waals surface area contributed by atoms with Gasteiger partial charge in [0, 0.05) is 12.3 Å². The molecule has 24 heavy (non-hydrogen) atoms. The van der Waals surface area contributed by atoms with E-state index in [0.29, 0.717) is 19.0 Å². The van der Waals surface area contributed by atoms with Crippen molar-refractivity contribution in [2.24, 2.45) is 0 Å². The maximum atomic E-state index is 11.8. The molecule has 1 heterocycles. The van der Waals surface area contributed by atoms with E-state index in [2.05, 4.69) is 10.3 Å². The molecule has 2 rings (SSSR count). The monoisotopic (exact) mass is 330 g/mol. The van der Waals surface area contributed by atoms with Gasteiger partial charge in [0.1, 0.15) is 12.4 Å². The quantitative estimate of drug-likeness (QED) is 0.582. The van der Waals surface area contributed by atoms with Gasteiger partial charge in [0.25, 0.3) is 5.91 Å². The Morgan fingerprint density at radius 1 is 1.12 bits per heavy atom. The molecule has 0 spiro atoms. The van der Waals surface area contributed by atoms with Crippen LogP contribution in [0.2, 0.25) is 0 Å². The van der Waals surface area contributed by atoms with Crippen molar-refractivity contribution < 1.29 is 23.8 Å². The number of hydrogen-bond donors (Lipinski definition) is 1. The van der Waals surface area contributed by atoms with Crippen LogP contribution in [0.25, 0.3) is 0 Å². The number of amides is 1. The summed E-state index contributed by atoms with van der Waals surface area (Å²) >= 11 is 0. The maximum Gasteiger partial charge on any atom is 0.340 e. The van der Waals surface area contributed by atoms with Crippen molar-refractivity contribution in [2.45, 2.75) is 0 Å². The van der Waals surface area contributed by atoms with Gasteiger partial charge < -0.3 is 19.5 Å². The SMILES string of the molecule is COc1ccc(C(=O)OCC(=O)NCCOc2ccccc2)cn1. The van der Waals surface area contributed by atoms with E-state index in [1.165, 1.54) is 25.4 Å². The molecule has 7 heteroatoms. The average molecular weight is 330 g/mol. The largest absolute Gasteiger partial charge is 0.492 e. The van der Waals surface area contributed by atoms with E-state index in [1.807, 2.05) is 30.3 Å². The van der Waals surface area contributed by atoms with Gasteiger partial charge in [-0.25, -0.2) is 9.78 Å². The summed E-state index contributed by atoms with van der Waals surface area (Å²) in [5.41, 5.74) is 0.246. The summed E-state index contributed by atoms with van der Waals surface area (Å²) in [4.78, 5) is 27.3. The molecule has 0 saturated carbocycles. The van der Waals surface area contributed by atoms with Crippen LogP contribution in [-0.2, 0) is 9.53 Å². The van der Waals surface area contributed by atoms with Gasteiger partial charge in [-0.15, -0.1) is 0 Å². The van der Waals surface area contributed by atoms with Gasteiger partial charge >= 0.3 is 5.97 Å². The first kappa shape index (κ1) is 17.3. The Balaban J connectivity index is 1.64. The average Bonchev–Trinajstić information content (AvgIpc) is 2.64. The van der Waals surface area contributed by atoms with Crippen molar-refractivity contribution in [1.29, 1.82) is 0 Å². The summed E-state index contributed by atoms with van der Waals surface area (Å²) in [6, 6.07) is 12.3. The zero-order valence-electron chi connectivity index (χ0n) is 13.2. The lowest BCUT2D eigenvalue weighted by Crippen LogP contribution is -2.32. The molecule has 0 aliphatic rings. The number of carbonyl (C=O) groups is 2. The molecule has 0 fully saturated rings. The Kier molecular flexibility index (Phi) is 6.58. The van der Waals surface area contributed by atoms with Crippen LogP contribution in [0.5, 0.6) is 11.6 Å². The van der Waals surface area contributed by atoms with E-state index < -0.39 is 11.9 Å². The van der Waals surface area contributed by atoms with Gasteiger partial charge in [0.15, 0.2) is 6.61 Å². The van der Waals surface area contributed by atoms with Gasteiger partial charge in [0.2, 0.25) is 5.88 Å². The Labute approximate surface area is 139 Å². The number of carbonyl (C=O) groups excluding carboxylic acids is 2. The molecule has 0 aliphatic carbocycles. The molecular weight excluding hydrogens is 312 g/mol. The number of nitrogens with one attached hydrogen (secondary N) is 1. The van der Waals surface area contributed by atoms with Crippen LogP contribution in [0.3, 0.4) is 0 Å². The molecule has 1 aromatic carbocycles. The number of aromatic nitrogens is 1. The van der Waals surface area contributed by atoms with Crippen LogP contribution in [0, 0.1) is 0 Å². The second kappa shape index (κ2) is 9.14. The number of nitrogens with zero attached hydrogens (tertiary/aromatic N) is 1. The minimum atomic E-state index is -0.624. The van der Waals surface area contributed by atoms with Gasteiger partial charge in [-0.2, -0.15) is 0 Å². The van der Waals surface area contributed by atoms with Gasteiger partial charge in [-0.3, -0.25) is 4.79 Å². The third kappa shape index (κ3) is 5.60. The van der Waals surface area contributed by atoms with Crippen LogP contribution in [0.1, 0.15) is 10.4 Å². The number of benzene rings is 1. The van der Waals surface area contributed by atoms with Crippen molar-refractivity contribution in [2.75, 3.05) is 26.9 Å². The number of ether oxygens (including phenoxy) is 3. The molecule has 2 aromatic rings. The van der Waals surface area contributed by atoms with Crippen LogP contribution in [0.4, 0.5) is 0 Å². The number of para-hydroxylation sites is 1. The highest BCUT2D eigenvalue weighted by molar-refractivity contribution is 5.91. The fraction of sp³-hybridized carbons (Fsp3) is 0.235. The highest BCUT2D eigenvalue weighted by Gasteiger charge is 2.10. The van der Waals surface area contributed by atoms with Crippen LogP contribution < -0.4 is 14.8 Å². The van der Waals surface area contributed by atoms with Crippen molar-refractivity contribution in [3.05, 3.63) is 54.2 Å². The Morgan fingerprint density at radius 2 is 1.92 bits per heavy atom. The van der Waals surface area contributed by atoms with Crippen LogP contribution in [0.15, 0.2) is 48.7 Å². The molecule has 0 aliphatic heterocycles. The van der Waals surface area contributed by atoms with Crippen molar-refractivity contribution in [3.63, 3.8) is 0 Å². The van der Waals surface area contributed by atoms with E-state index in [0.717, 1.165) is 5.75 Å². The third-order valence-corrected chi connectivity index (χ3v) is 2.95. The molecule has 0 bridgehead atoms. The lowest BCUT2D eigenvalue weighted by molar-refractivity contribution is -0.124. The third-order valence-electron chi connectivity index (χ3n) is 2.95. The van der Waals surface area contributed by atoms with Gasteiger partial charge in [0.05, 0.1) is 19.2 Å². The highest BCUT2D eigenvalue weighted by Crippen LogP contribution is 2.08. The first-order valence-corrected chi connectivity index (χ1v) is 7.31. The van der Waals surface area contributed by atoms with E-state index >= 15 is 0 Å². The minimum Gasteiger partial charge on any atom is -0.492 e. The summed E-state index contributed by atoms with van der Waals surface area (Å²) in [6.45, 7) is 0.275. The highest BCUT2D eigenvalue weighted by atomic mass is 16.5. The molecule has 126 valence electrons. The lowest BCUT2D eigenvalue weighted by Gasteiger charge is -2.08. The fourth-order valence-corrected chi connectivity index (χ4v) is 1.76.